The summed E-state index contributed by atoms with van der Waals surface area (Å²) in [7, 11) is 0. The van der Waals surface area contributed by atoms with Crippen molar-refractivity contribution in [2.75, 3.05) is 11.9 Å². The Labute approximate surface area is 150 Å². The molecule has 2 atom stereocenters. The van der Waals surface area contributed by atoms with Gasteiger partial charge in [0.1, 0.15) is 23.9 Å². The van der Waals surface area contributed by atoms with E-state index in [-0.39, 0.29) is 24.3 Å². The second kappa shape index (κ2) is 7.12. The molecule has 1 aromatic heterocycles. The Balaban J connectivity index is 1.77. The second-order valence-corrected chi connectivity index (χ2v) is 6.04. The van der Waals surface area contributed by atoms with E-state index in [1.807, 2.05) is 0 Å². The van der Waals surface area contributed by atoms with Crippen molar-refractivity contribution >= 4 is 22.6 Å². The highest BCUT2D eigenvalue weighted by Crippen LogP contribution is 2.29. The van der Waals surface area contributed by atoms with Gasteiger partial charge in [-0.2, -0.15) is 0 Å². The fourth-order valence-electron chi connectivity index (χ4n) is 2.81. The van der Waals surface area contributed by atoms with Gasteiger partial charge < -0.3 is 15.0 Å². The van der Waals surface area contributed by atoms with E-state index < -0.39 is 36.5 Å². The minimum absolute atomic E-state index is 0.170. The van der Waals surface area contributed by atoms with Gasteiger partial charge in [-0.1, -0.05) is 0 Å². The number of halogens is 5. The van der Waals surface area contributed by atoms with Crippen LogP contribution in [0.3, 0.4) is 0 Å². The van der Waals surface area contributed by atoms with Gasteiger partial charge in [0.15, 0.2) is 0 Å². The van der Waals surface area contributed by atoms with Gasteiger partial charge in [-0.05, 0) is 25.5 Å². The van der Waals surface area contributed by atoms with Gasteiger partial charge in [0.25, 0.3) is 6.43 Å². The minimum atomic E-state index is -4.83. The van der Waals surface area contributed by atoms with Crippen LogP contribution in [-0.2, 0) is 4.79 Å². The highest BCUT2D eigenvalue weighted by atomic mass is 19.4. The molecule has 3 rings (SSSR count). The number of hydrogen-bond donors (Lipinski definition) is 1. The lowest BCUT2D eigenvalue weighted by Gasteiger charge is -2.41. The maximum atomic E-state index is 12.8. The molecule has 0 bridgehead atoms. The predicted octanol–water partition coefficient (Wildman–Crippen LogP) is 3.19. The molecular formula is C16H15F5N4O2. The molecule has 0 aliphatic carbocycles. The Morgan fingerprint density at radius 1 is 1.33 bits per heavy atom. The van der Waals surface area contributed by atoms with Crippen molar-refractivity contribution in [2.45, 2.75) is 38.2 Å². The molecule has 27 heavy (non-hydrogen) atoms. The Kier molecular flexibility index (Phi) is 5.03. The number of carbonyl (C=O) groups is 1. The van der Waals surface area contributed by atoms with Crippen LogP contribution in [0.4, 0.5) is 27.8 Å². The Morgan fingerprint density at radius 2 is 2.07 bits per heavy atom. The number of alkyl halides is 5. The zero-order valence-electron chi connectivity index (χ0n) is 14.0. The quantitative estimate of drug-likeness (QED) is 0.795. The maximum absolute atomic E-state index is 12.8. The third-order valence-electron chi connectivity index (χ3n) is 4.21. The lowest BCUT2D eigenvalue weighted by atomic mass is 10.0. The van der Waals surface area contributed by atoms with E-state index in [1.54, 1.807) is 0 Å². The summed E-state index contributed by atoms with van der Waals surface area (Å²) in [5.41, 5.74) is 0.170. The molecule has 1 N–H and O–H groups in total. The van der Waals surface area contributed by atoms with Gasteiger partial charge in [-0.3, -0.25) is 4.79 Å². The minimum Gasteiger partial charge on any atom is -0.406 e. The molecule has 0 radical (unpaired) electrons. The van der Waals surface area contributed by atoms with Gasteiger partial charge >= 0.3 is 6.36 Å². The third-order valence-corrected chi connectivity index (χ3v) is 4.21. The number of carbonyl (C=O) groups excluding carboxylic acids is 1. The molecule has 1 fully saturated rings. The number of nitrogens with one attached hydrogen (secondary N) is 1. The Morgan fingerprint density at radius 3 is 2.67 bits per heavy atom. The summed E-state index contributed by atoms with van der Waals surface area (Å²) in [6.45, 7) is 1.75. The van der Waals surface area contributed by atoms with Crippen LogP contribution in [0.15, 0.2) is 24.5 Å². The smallest absolute Gasteiger partial charge is 0.406 e. The number of hydrogen-bond acceptors (Lipinski definition) is 5. The first kappa shape index (κ1) is 19.1. The number of benzene rings is 1. The fourth-order valence-corrected chi connectivity index (χ4v) is 2.81. The Bertz CT molecular complexity index is 845. The Hall–Kier alpha value is -2.72. The van der Waals surface area contributed by atoms with Crippen LogP contribution in [0.25, 0.3) is 10.9 Å². The summed E-state index contributed by atoms with van der Waals surface area (Å²) in [6, 6.07) is 1.56. The summed E-state index contributed by atoms with van der Waals surface area (Å²) >= 11 is 0. The molecule has 6 nitrogen and oxygen atoms in total. The van der Waals surface area contributed by atoms with Crippen LogP contribution in [0, 0.1) is 0 Å². The number of nitrogens with zero attached hydrogens (tertiary/aromatic N) is 3. The van der Waals surface area contributed by atoms with Crippen LogP contribution in [0.5, 0.6) is 5.75 Å². The molecule has 146 valence electrons. The van der Waals surface area contributed by atoms with E-state index in [1.165, 1.54) is 13.0 Å². The first-order valence-corrected chi connectivity index (χ1v) is 8.01. The van der Waals surface area contributed by atoms with Crippen molar-refractivity contribution in [2.24, 2.45) is 0 Å². The topological polar surface area (TPSA) is 67.4 Å². The highest BCUT2D eigenvalue weighted by molar-refractivity contribution is 5.92. The van der Waals surface area contributed by atoms with E-state index >= 15 is 0 Å². The predicted molar refractivity (Wildman–Crippen MR) is 85.4 cm³/mol. The maximum Gasteiger partial charge on any atom is 0.573 e. The van der Waals surface area contributed by atoms with Crippen LogP contribution < -0.4 is 10.1 Å². The van der Waals surface area contributed by atoms with Crippen LogP contribution >= 0.6 is 0 Å². The molecule has 1 amide bonds. The molecule has 1 aromatic carbocycles. The standard InChI is InChI=1S/C16H15F5N4O2/c1-8(15(26)25-5-4-12(25)13(17)18)24-14-10-3-2-9(27-16(19,20)21)6-11(10)22-7-23-14/h2-3,6-8,12-13H,4-5H2,1H3,(H,22,23,24)/t8-,12-/m1/s1. The molecule has 2 aromatic rings. The molecule has 11 heteroatoms. The lowest BCUT2D eigenvalue weighted by molar-refractivity contribution is -0.274. The zero-order chi connectivity index (χ0) is 19.8. The normalized spacial score (nSPS) is 18.3. The van der Waals surface area contributed by atoms with E-state index in [9.17, 15) is 26.7 Å². The summed E-state index contributed by atoms with van der Waals surface area (Å²) < 4.78 is 66.4. The zero-order valence-corrected chi connectivity index (χ0v) is 14.0. The van der Waals surface area contributed by atoms with E-state index in [0.29, 0.717) is 5.39 Å². The molecule has 0 saturated carbocycles. The molecule has 1 saturated heterocycles. The van der Waals surface area contributed by atoms with Gasteiger partial charge in [0.2, 0.25) is 5.91 Å². The first-order chi connectivity index (χ1) is 12.7. The first-order valence-electron chi connectivity index (χ1n) is 8.01. The molecule has 1 aliphatic heterocycles. The third kappa shape index (κ3) is 4.17. The molecular weight excluding hydrogens is 375 g/mol. The van der Waals surface area contributed by atoms with Gasteiger partial charge in [-0.25, -0.2) is 18.7 Å². The van der Waals surface area contributed by atoms with Crippen LogP contribution in [-0.4, -0.2) is 52.2 Å². The number of fused-ring (bicyclic) bond motifs is 1. The number of amides is 1. The average molecular weight is 390 g/mol. The largest absolute Gasteiger partial charge is 0.573 e. The second-order valence-electron chi connectivity index (χ2n) is 6.04. The van der Waals surface area contributed by atoms with Gasteiger partial charge in [0, 0.05) is 18.0 Å². The molecule has 1 aliphatic rings. The van der Waals surface area contributed by atoms with Gasteiger partial charge in [0.05, 0.1) is 11.6 Å². The summed E-state index contributed by atoms with van der Waals surface area (Å²) in [5.74, 6) is -0.743. The van der Waals surface area contributed by atoms with E-state index in [2.05, 4.69) is 20.0 Å². The number of ether oxygens (including phenoxy) is 1. The van der Waals surface area contributed by atoms with Crippen molar-refractivity contribution in [1.29, 1.82) is 0 Å². The monoisotopic (exact) mass is 390 g/mol. The lowest BCUT2D eigenvalue weighted by Crippen LogP contribution is -2.58. The van der Waals surface area contributed by atoms with Crippen molar-refractivity contribution in [1.82, 2.24) is 14.9 Å². The van der Waals surface area contributed by atoms with E-state index in [0.717, 1.165) is 23.4 Å². The molecule has 0 spiro atoms. The van der Waals surface area contributed by atoms with Crippen molar-refractivity contribution in [3.63, 3.8) is 0 Å². The average Bonchev–Trinajstić information content (AvgIpc) is 2.51. The SMILES string of the molecule is C[C@@H](Nc1ncnc2cc(OC(F)(F)F)ccc12)C(=O)N1CC[C@@H]1C(F)F. The molecule has 0 unspecified atom stereocenters. The number of aromatic nitrogens is 2. The highest BCUT2D eigenvalue weighted by Gasteiger charge is 2.40. The number of rotatable bonds is 5. The fraction of sp³-hybridized carbons (Fsp3) is 0.438. The van der Waals surface area contributed by atoms with E-state index in [4.69, 9.17) is 0 Å². The summed E-state index contributed by atoms with van der Waals surface area (Å²) in [5, 5.41) is 3.17. The number of anilines is 1. The van der Waals surface area contributed by atoms with Crippen molar-refractivity contribution < 1.29 is 31.5 Å². The summed E-state index contributed by atoms with van der Waals surface area (Å²) in [4.78, 5) is 21.3. The summed E-state index contributed by atoms with van der Waals surface area (Å²) in [6.07, 6.45) is -6.08. The van der Waals surface area contributed by atoms with Crippen LogP contribution in [0.1, 0.15) is 13.3 Å². The number of likely N-dealkylation sites (tertiary alicyclic amines) is 1. The van der Waals surface area contributed by atoms with Crippen LogP contribution in [0.2, 0.25) is 0 Å². The van der Waals surface area contributed by atoms with Crippen molar-refractivity contribution in [3.8, 4) is 5.75 Å². The van der Waals surface area contributed by atoms with Gasteiger partial charge in [-0.15, -0.1) is 13.2 Å². The van der Waals surface area contributed by atoms with Crippen molar-refractivity contribution in [3.05, 3.63) is 24.5 Å². The molecule has 2 heterocycles.